The third kappa shape index (κ3) is 2.27. The quantitative estimate of drug-likeness (QED) is 0.708. The smallest absolute Gasteiger partial charge is 0.156 e. The van der Waals surface area contributed by atoms with Gasteiger partial charge >= 0.3 is 0 Å². The van der Waals surface area contributed by atoms with Crippen LogP contribution in [0.3, 0.4) is 0 Å². The van der Waals surface area contributed by atoms with Crippen molar-refractivity contribution in [2.45, 2.75) is 64.4 Å². The van der Waals surface area contributed by atoms with E-state index < -0.39 is 0 Å². The van der Waals surface area contributed by atoms with Gasteiger partial charge in [0.1, 0.15) is 0 Å². The lowest BCUT2D eigenvalue weighted by Gasteiger charge is -2.48. The average Bonchev–Trinajstić information content (AvgIpc) is 2.24. The van der Waals surface area contributed by atoms with E-state index in [9.17, 15) is 4.79 Å². The Morgan fingerprint density at radius 3 is 2.67 bits per heavy atom. The lowest BCUT2D eigenvalue weighted by Crippen LogP contribution is -2.46. The van der Waals surface area contributed by atoms with Gasteiger partial charge < -0.3 is 4.74 Å². The highest BCUT2D eigenvalue weighted by molar-refractivity contribution is 5.91. The van der Waals surface area contributed by atoms with Crippen molar-refractivity contribution in [3.05, 3.63) is 11.6 Å². The highest BCUT2D eigenvalue weighted by atomic mass is 16.5. The minimum atomic E-state index is 0.159. The zero-order chi connectivity index (χ0) is 12.8. The number of carbonyl (C=O) groups excluding carboxylic acids is 1. The molecule has 2 fully saturated rings. The van der Waals surface area contributed by atoms with Crippen molar-refractivity contribution in [3.8, 4) is 0 Å². The third-order valence-electron chi connectivity index (χ3n) is 4.96. The summed E-state index contributed by atoms with van der Waals surface area (Å²) in [7, 11) is 0. The van der Waals surface area contributed by atoms with Gasteiger partial charge in [0.2, 0.25) is 0 Å². The second kappa shape index (κ2) is 4.19. The highest BCUT2D eigenvalue weighted by Crippen LogP contribution is 2.48. The fourth-order valence-corrected chi connectivity index (χ4v) is 3.92. The topological polar surface area (TPSA) is 26.3 Å². The molecule has 1 heterocycles. The van der Waals surface area contributed by atoms with Gasteiger partial charge in [-0.2, -0.15) is 0 Å². The summed E-state index contributed by atoms with van der Waals surface area (Å²) in [6.07, 6.45) is 9.80. The average molecular weight is 248 g/mol. The molecule has 1 saturated heterocycles. The van der Waals surface area contributed by atoms with Crippen molar-refractivity contribution in [2.24, 2.45) is 11.3 Å². The van der Waals surface area contributed by atoms with E-state index in [1.54, 1.807) is 0 Å². The summed E-state index contributed by atoms with van der Waals surface area (Å²) in [5, 5.41) is 0. The van der Waals surface area contributed by atoms with E-state index in [0.29, 0.717) is 18.1 Å². The maximum absolute atomic E-state index is 11.9. The molecule has 0 aromatic heterocycles. The van der Waals surface area contributed by atoms with E-state index >= 15 is 0 Å². The Morgan fingerprint density at radius 2 is 2.06 bits per heavy atom. The van der Waals surface area contributed by atoms with Gasteiger partial charge in [-0.15, -0.1) is 0 Å². The van der Waals surface area contributed by atoms with Crippen molar-refractivity contribution in [2.75, 3.05) is 6.61 Å². The van der Waals surface area contributed by atoms with E-state index in [0.717, 1.165) is 25.9 Å². The largest absolute Gasteiger partial charge is 0.375 e. The molecule has 100 valence electrons. The summed E-state index contributed by atoms with van der Waals surface area (Å²) < 4.78 is 5.99. The standard InChI is InChI=1S/C16H24O2/c1-15(2)9-13(8-14(17)11-15)12-4-7-18-16(10-12)5-3-6-16/h8,12H,3-7,9-11H2,1-2H3. The maximum atomic E-state index is 11.9. The molecule has 1 spiro atoms. The first kappa shape index (κ1) is 12.4. The van der Waals surface area contributed by atoms with Crippen LogP contribution in [0.4, 0.5) is 0 Å². The molecule has 2 nitrogen and oxygen atoms in total. The summed E-state index contributed by atoms with van der Waals surface area (Å²) in [5.41, 5.74) is 1.76. The molecule has 0 N–H and O–H groups in total. The number of hydrogen-bond donors (Lipinski definition) is 0. The Balaban J connectivity index is 1.76. The molecule has 0 aromatic rings. The van der Waals surface area contributed by atoms with Crippen molar-refractivity contribution in [1.82, 2.24) is 0 Å². The van der Waals surface area contributed by atoms with Crippen LogP contribution in [0, 0.1) is 11.3 Å². The fourth-order valence-electron chi connectivity index (χ4n) is 3.92. The number of rotatable bonds is 1. The predicted molar refractivity (Wildman–Crippen MR) is 71.4 cm³/mol. The van der Waals surface area contributed by atoms with Gasteiger partial charge in [-0.3, -0.25) is 4.79 Å². The Bertz CT molecular complexity index is 388. The first-order valence-electron chi connectivity index (χ1n) is 7.35. The molecule has 0 radical (unpaired) electrons. The SMILES string of the molecule is CC1(C)CC(=O)C=C(C2CCOC3(CCC3)C2)C1. The van der Waals surface area contributed by atoms with Gasteiger partial charge in [0.05, 0.1) is 5.60 Å². The van der Waals surface area contributed by atoms with Gasteiger partial charge in [0.15, 0.2) is 5.78 Å². The van der Waals surface area contributed by atoms with Crippen LogP contribution in [-0.4, -0.2) is 18.0 Å². The van der Waals surface area contributed by atoms with Gasteiger partial charge in [0, 0.05) is 13.0 Å². The maximum Gasteiger partial charge on any atom is 0.156 e. The monoisotopic (exact) mass is 248 g/mol. The molecule has 1 atom stereocenters. The van der Waals surface area contributed by atoms with E-state index in [1.165, 1.54) is 24.8 Å². The van der Waals surface area contributed by atoms with Crippen molar-refractivity contribution in [1.29, 1.82) is 0 Å². The van der Waals surface area contributed by atoms with Gasteiger partial charge in [-0.05, 0) is 55.9 Å². The lowest BCUT2D eigenvalue weighted by molar-refractivity contribution is -0.140. The molecule has 0 bridgehead atoms. The number of hydrogen-bond acceptors (Lipinski definition) is 2. The number of ketones is 1. The normalized spacial score (nSPS) is 34.0. The van der Waals surface area contributed by atoms with Crippen LogP contribution < -0.4 is 0 Å². The van der Waals surface area contributed by atoms with Gasteiger partial charge in [-0.1, -0.05) is 19.4 Å². The molecule has 18 heavy (non-hydrogen) atoms. The zero-order valence-electron chi connectivity index (χ0n) is 11.6. The van der Waals surface area contributed by atoms with Crippen LogP contribution in [0.1, 0.15) is 58.8 Å². The summed E-state index contributed by atoms with van der Waals surface area (Å²) in [6, 6.07) is 0. The Labute approximate surface area is 110 Å². The van der Waals surface area contributed by atoms with Crippen LogP contribution in [0.2, 0.25) is 0 Å². The molecule has 0 amide bonds. The number of ether oxygens (including phenoxy) is 1. The molecule has 2 aliphatic carbocycles. The first-order valence-corrected chi connectivity index (χ1v) is 7.35. The van der Waals surface area contributed by atoms with Crippen molar-refractivity contribution < 1.29 is 9.53 Å². The van der Waals surface area contributed by atoms with E-state index in [-0.39, 0.29) is 11.0 Å². The molecule has 3 rings (SSSR count). The molecule has 1 aliphatic heterocycles. The molecule has 0 aromatic carbocycles. The minimum absolute atomic E-state index is 0.159. The molecular weight excluding hydrogens is 224 g/mol. The van der Waals surface area contributed by atoms with Crippen LogP contribution >= 0.6 is 0 Å². The Morgan fingerprint density at radius 1 is 1.28 bits per heavy atom. The second-order valence-corrected chi connectivity index (χ2v) is 7.28. The van der Waals surface area contributed by atoms with E-state index in [4.69, 9.17) is 4.74 Å². The zero-order valence-corrected chi connectivity index (χ0v) is 11.6. The van der Waals surface area contributed by atoms with Gasteiger partial charge in [-0.25, -0.2) is 0 Å². The minimum Gasteiger partial charge on any atom is -0.375 e. The first-order chi connectivity index (χ1) is 8.48. The molecule has 1 unspecified atom stereocenters. The fraction of sp³-hybridized carbons (Fsp3) is 0.812. The predicted octanol–water partition coefficient (Wildman–Crippen LogP) is 3.65. The molecular formula is C16H24O2. The second-order valence-electron chi connectivity index (χ2n) is 7.28. The number of carbonyl (C=O) groups is 1. The van der Waals surface area contributed by atoms with Crippen LogP contribution in [0.5, 0.6) is 0 Å². The lowest BCUT2D eigenvalue weighted by atomic mass is 9.66. The van der Waals surface area contributed by atoms with E-state index in [2.05, 4.69) is 13.8 Å². The van der Waals surface area contributed by atoms with Crippen LogP contribution in [0.25, 0.3) is 0 Å². The summed E-state index contributed by atoms with van der Waals surface area (Å²) in [5.74, 6) is 0.929. The number of allylic oxidation sites excluding steroid dienone is 2. The summed E-state index contributed by atoms with van der Waals surface area (Å²) in [4.78, 5) is 11.9. The Hall–Kier alpha value is -0.630. The van der Waals surface area contributed by atoms with Crippen molar-refractivity contribution in [3.63, 3.8) is 0 Å². The molecule has 3 aliphatic rings. The van der Waals surface area contributed by atoms with Crippen LogP contribution in [-0.2, 0) is 9.53 Å². The summed E-state index contributed by atoms with van der Waals surface area (Å²) >= 11 is 0. The third-order valence-corrected chi connectivity index (χ3v) is 4.96. The highest BCUT2D eigenvalue weighted by Gasteiger charge is 2.44. The molecule has 1 saturated carbocycles. The Kier molecular flexibility index (Phi) is 2.89. The van der Waals surface area contributed by atoms with E-state index in [1.807, 2.05) is 6.08 Å². The van der Waals surface area contributed by atoms with Crippen molar-refractivity contribution >= 4 is 5.78 Å². The molecule has 2 heteroatoms. The van der Waals surface area contributed by atoms with Crippen LogP contribution in [0.15, 0.2) is 11.6 Å². The van der Waals surface area contributed by atoms with Gasteiger partial charge in [0.25, 0.3) is 0 Å². The summed E-state index contributed by atoms with van der Waals surface area (Å²) in [6.45, 7) is 5.32.